The number of carbonyl (C=O) groups is 1. The molecule has 10 heteroatoms. The van der Waals surface area contributed by atoms with Crippen molar-refractivity contribution in [2.24, 2.45) is 5.92 Å². The van der Waals surface area contributed by atoms with Crippen molar-refractivity contribution in [1.29, 1.82) is 0 Å². The van der Waals surface area contributed by atoms with Crippen molar-refractivity contribution in [2.45, 2.75) is 89.5 Å². The first-order chi connectivity index (χ1) is 19.2. The molecule has 0 bridgehead atoms. The number of hydrogen-bond donors (Lipinski definition) is 4. The van der Waals surface area contributed by atoms with Gasteiger partial charge in [0.25, 0.3) is 0 Å². The van der Waals surface area contributed by atoms with Crippen LogP contribution in [0.3, 0.4) is 0 Å². The molecular formula is C30H44FN7O2. The number of likely N-dealkylation sites (N-methyl/N-ethyl adjacent to an activating group) is 1. The number of rotatable bonds is 5. The van der Waals surface area contributed by atoms with Crippen LogP contribution in [0.15, 0.2) is 12.1 Å². The number of nitrogens with one attached hydrogen (secondary N) is 3. The number of benzene rings is 1. The van der Waals surface area contributed by atoms with Gasteiger partial charge >= 0.3 is 0 Å². The zero-order valence-corrected chi connectivity index (χ0v) is 24.2. The monoisotopic (exact) mass is 553 g/mol. The molecule has 4 heterocycles. The smallest absolute Gasteiger partial charge is 0.240 e. The lowest BCUT2D eigenvalue weighted by Gasteiger charge is -2.40. The van der Waals surface area contributed by atoms with E-state index in [0.29, 0.717) is 24.9 Å². The Kier molecular flexibility index (Phi) is 7.63. The summed E-state index contributed by atoms with van der Waals surface area (Å²) in [7, 11) is 2.04. The number of aromatic amines is 1. The summed E-state index contributed by atoms with van der Waals surface area (Å²) in [4.78, 5) is 28.8. The zero-order valence-electron chi connectivity index (χ0n) is 24.2. The molecule has 0 spiro atoms. The van der Waals surface area contributed by atoms with E-state index in [4.69, 9.17) is 4.98 Å². The molecule has 4 aliphatic rings. The van der Waals surface area contributed by atoms with Gasteiger partial charge in [-0.2, -0.15) is 0 Å². The molecule has 40 heavy (non-hydrogen) atoms. The molecule has 1 aliphatic carbocycles. The zero-order chi connectivity index (χ0) is 28.1. The number of aromatic nitrogens is 2. The van der Waals surface area contributed by atoms with E-state index in [-0.39, 0.29) is 35.7 Å². The Labute approximate surface area is 236 Å². The lowest BCUT2D eigenvalue weighted by molar-refractivity contribution is -0.139. The maximum atomic E-state index is 14.3. The van der Waals surface area contributed by atoms with Gasteiger partial charge < -0.3 is 15.0 Å². The van der Waals surface area contributed by atoms with E-state index in [1.165, 1.54) is 6.07 Å². The molecule has 9 nitrogen and oxygen atoms in total. The van der Waals surface area contributed by atoms with Crippen LogP contribution in [0, 0.1) is 11.7 Å². The minimum absolute atomic E-state index is 0.0716. The number of phenolic OH excluding ortho intramolecular Hbond substituents is 1. The van der Waals surface area contributed by atoms with Crippen molar-refractivity contribution in [1.82, 2.24) is 35.5 Å². The third-order valence-electron chi connectivity index (χ3n) is 9.93. The molecule has 5 atom stereocenters. The molecule has 1 amide bonds. The topological polar surface area (TPSA) is 99.8 Å². The summed E-state index contributed by atoms with van der Waals surface area (Å²) in [6.45, 7) is 10.6. The fraction of sp³-hybridized carbons (Fsp3) is 0.667. The van der Waals surface area contributed by atoms with Crippen LogP contribution in [-0.4, -0.2) is 87.0 Å². The van der Waals surface area contributed by atoms with Crippen LogP contribution in [0.5, 0.6) is 5.75 Å². The Balaban J connectivity index is 1.12. The highest BCUT2D eigenvalue weighted by molar-refractivity contribution is 5.82. The van der Waals surface area contributed by atoms with Crippen molar-refractivity contribution in [3.63, 3.8) is 0 Å². The Morgan fingerprint density at radius 3 is 2.67 bits per heavy atom. The molecule has 3 fully saturated rings. The number of carbonyl (C=O) groups excluding carboxylic acids is 1. The Hall–Kier alpha value is -2.53. The van der Waals surface area contributed by atoms with Gasteiger partial charge in [0.1, 0.15) is 5.82 Å². The highest BCUT2D eigenvalue weighted by Crippen LogP contribution is 2.44. The third-order valence-corrected chi connectivity index (χ3v) is 9.93. The molecule has 1 aromatic carbocycles. The number of H-pyrrole nitrogens is 1. The van der Waals surface area contributed by atoms with E-state index in [2.05, 4.69) is 39.5 Å². The average molecular weight is 554 g/mol. The number of hydrogen-bond acceptors (Lipinski definition) is 7. The molecule has 218 valence electrons. The van der Waals surface area contributed by atoms with Gasteiger partial charge in [-0.25, -0.2) is 14.8 Å². The standard InChI is InChI=1S/C30H44FN7O2/c1-5-18-13-27(39)22(31)14-21(18)19-6-7-20-23(12-19)34-35-28(20)29-32-24-15-26(36(4)16-25(24)33-29)30(40)38-10-8-37(9-11-38)17(2)3/h13-14,17,19-20,23,26,28,34-35,39H,5-12,15-16H2,1-4H3,(H,32,33)/t19?,20?,23?,26-,28?/m0/s1. The van der Waals surface area contributed by atoms with Gasteiger partial charge in [0.2, 0.25) is 5.91 Å². The highest BCUT2D eigenvalue weighted by atomic mass is 19.1. The second-order valence-electron chi connectivity index (χ2n) is 12.5. The summed E-state index contributed by atoms with van der Waals surface area (Å²) in [5.41, 5.74) is 11.2. The third kappa shape index (κ3) is 5.04. The van der Waals surface area contributed by atoms with Gasteiger partial charge in [0.05, 0.1) is 23.5 Å². The number of aryl methyl sites for hydroxylation is 1. The Morgan fingerprint density at radius 1 is 1.18 bits per heavy atom. The van der Waals surface area contributed by atoms with Crippen LogP contribution in [-0.2, 0) is 24.2 Å². The van der Waals surface area contributed by atoms with Gasteiger partial charge in [0.15, 0.2) is 11.6 Å². The van der Waals surface area contributed by atoms with Crippen molar-refractivity contribution in [3.05, 3.63) is 46.3 Å². The minimum Gasteiger partial charge on any atom is -0.505 e. The summed E-state index contributed by atoms with van der Waals surface area (Å²) in [6, 6.07) is 3.80. The SMILES string of the molecule is CCc1cc(O)c(F)cc1C1CCC2C(C1)NNC2c1nc2c([nH]1)CN(C)[C@H](C(=O)N1CCN(C(C)C)CC1)C2. The predicted octanol–water partition coefficient (Wildman–Crippen LogP) is 2.83. The van der Waals surface area contributed by atoms with Crippen LogP contribution in [0.2, 0.25) is 0 Å². The van der Waals surface area contributed by atoms with E-state index in [1.54, 1.807) is 6.07 Å². The molecule has 2 saturated heterocycles. The maximum Gasteiger partial charge on any atom is 0.240 e. The summed E-state index contributed by atoms with van der Waals surface area (Å²) in [5, 5.41) is 9.86. The highest BCUT2D eigenvalue weighted by Gasteiger charge is 2.44. The van der Waals surface area contributed by atoms with Crippen molar-refractivity contribution in [2.75, 3.05) is 33.2 Å². The van der Waals surface area contributed by atoms with Crippen LogP contribution in [0.1, 0.15) is 80.3 Å². The molecule has 2 aromatic rings. The van der Waals surface area contributed by atoms with E-state index in [1.807, 2.05) is 18.9 Å². The van der Waals surface area contributed by atoms with E-state index < -0.39 is 5.82 Å². The fourth-order valence-corrected chi connectivity index (χ4v) is 7.48. The van der Waals surface area contributed by atoms with Gasteiger partial charge in [-0.05, 0) is 81.7 Å². The number of nitrogens with zero attached hydrogens (tertiary/aromatic N) is 4. The van der Waals surface area contributed by atoms with Gasteiger partial charge in [-0.15, -0.1) is 0 Å². The van der Waals surface area contributed by atoms with E-state index in [0.717, 1.165) is 80.2 Å². The lowest BCUT2D eigenvalue weighted by atomic mass is 9.73. The molecule has 4 unspecified atom stereocenters. The lowest BCUT2D eigenvalue weighted by Crippen LogP contribution is -2.56. The quantitative estimate of drug-likeness (QED) is 0.452. The second-order valence-corrected chi connectivity index (χ2v) is 12.5. The Bertz CT molecular complexity index is 1240. The van der Waals surface area contributed by atoms with Gasteiger partial charge in [0, 0.05) is 51.2 Å². The first-order valence-electron chi connectivity index (χ1n) is 15.1. The molecular weight excluding hydrogens is 509 g/mol. The number of phenols is 1. The maximum absolute atomic E-state index is 14.3. The molecule has 1 saturated carbocycles. The van der Waals surface area contributed by atoms with Gasteiger partial charge in [-0.3, -0.25) is 20.0 Å². The van der Waals surface area contributed by atoms with Crippen LogP contribution in [0.4, 0.5) is 4.39 Å². The largest absolute Gasteiger partial charge is 0.505 e. The second kappa shape index (κ2) is 11.0. The molecule has 3 aliphatic heterocycles. The first-order valence-corrected chi connectivity index (χ1v) is 15.1. The summed E-state index contributed by atoms with van der Waals surface area (Å²) >= 11 is 0. The van der Waals surface area contributed by atoms with Crippen molar-refractivity contribution in [3.8, 4) is 5.75 Å². The summed E-state index contributed by atoms with van der Waals surface area (Å²) < 4.78 is 14.3. The van der Waals surface area contributed by atoms with Crippen molar-refractivity contribution >= 4 is 5.91 Å². The number of hydrazine groups is 1. The number of halogens is 1. The molecule has 0 radical (unpaired) electrons. The predicted molar refractivity (Wildman–Crippen MR) is 151 cm³/mol. The summed E-state index contributed by atoms with van der Waals surface area (Å²) in [6.07, 6.45) is 4.29. The van der Waals surface area contributed by atoms with Gasteiger partial charge in [-0.1, -0.05) is 6.92 Å². The van der Waals surface area contributed by atoms with Crippen LogP contribution < -0.4 is 10.9 Å². The van der Waals surface area contributed by atoms with Crippen molar-refractivity contribution < 1.29 is 14.3 Å². The van der Waals surface area contributed by atoms with E-state index in [9.17, 15) is 14.3 Å². The van der Waals surface area contributed by atoms with Crippen LogP contribution in [0.25, 0.3) is 0 Å². The average Bonchev–Trinajstić information content (AvgIpc) is 3.56. The minimum atomic E-state index is -0.537. The number of fused-ring (bicyclic) bond motifs is 2. The Morgan fingerprint density at radius 2 is 1.95 bits per heavy atom. The number of aromatic hydroxyl groups is 1. The van der Waals surface area contributed by atoms with Crippen LogP contribution >= 0.6 is 0 Å². The molecule has 1 aromatic heterocycles. The first kappa shape index (κ1) is 27.6. The number of piperazine rings is 1. The number of imidazole rings is 1. The number of amides is 1. The van der Waals surface area contributed by atoms with E-state index >= 15 is 0 Å². The molecule has 4 N–H and O–H groups in total. The molecule has 6 rings (SSSR count). The fourth-order valence-electron chi connectivity index (χ4n) is 7.48. The summed E-state index contributed by atoms with van der Waals surface area (Å²) in [5.74, 6) is 0.999. The normalized spacial score (nSPS) is 29.6.